The van der Waals surface area contributed by atoms with Gasteiger partial charge in [-0.25, -0.2) is 0 Å². The van der Waals surface area contributed by atoms with Crippen molar-refractivity contribution in [3.05, 3.63) is 29.8 Å². The molecule has 0 radical (unpaired) electrons. The summed E-state index contributed by atoms with van der Waals surface area (Å²) in [6, 6.07) is 8.12. The molecule has 1 aromatic rings. The highest BCUT2D eigenvalue weighted by Gasteiger charge is 2.37. The maximum atomic E-state index is 5.92. The molecule has 0 aromatic heterocycles. The minimum atomic E-state index is 0.218. The van der Waals surface area contributed by atoms with Crippen LogP contribution in [-0.2, 0) is 20.8 Å². The lowest BCUT2D eigenvalue weighted by molar-refractivity contribution is -0.133. The normalized spacial score (nSPS) is 23.1. The Balaban J connectivity index is 1.48. The lowest BCUT2D eigenvalue weighted by Gasteiger charge is -2.40. The van der Waals surface area contributed by atoms with Gasteiger partial charge in [-0.1, -0.05) is 19.1 Å². The predicted molar refractivity (Wildman–Crippen MR) is 74.9 cm³/mol. The average Bonchev–Trinajstić information content (AvgIpc) is 3.23. The first kappa shape index (κ1) is 13.9. The van der Waals surface area contributed by atoms with Gasteiger partial charge in [0, 0.05) is 0 Å². The molecule has 0 amide bonds. The van der Waals surface area contributed by atoms with Gasteiger partial charge in [0.25, 0.3) is 0 Å². The third-order valence-corrected chi connectivity index (χ3v) is 3.98. The highest BCUT2D eigenvalue weighted by atomic mass is 16.6. The van der Waals surface area contributed by atoms with Gasteiger partial charge in [0.15, 0.2) is 0 Å². The first-order valence-electron chi connectivity index (χ1n) is 7.28. The minimum Gasteiger partial charge on any atom is -0.493 e. The van der Waals surface area contributed by atoms with Gasteiger partial charge in [-0.15, -0.1) is 0 Å². The summed E-state index contributed by atoms with van der Waals surface area (Å²) in [6.07, 6.45) is 1.41. The van der Waals surface area contributed by atoms with Crippen molar-refractivity contribution in [2.24, 2.45) is 5.41 Å². The van der Waals surface area contributed by atoms with Gasteiger partial charge in [0.1, 0.15) is 11.9 Å². The van der Waals surface area contributed by atoms with Crippen molar-refractivity contribution in [3.63, 3.8) is 0 Å². The van der Waals surface area contributed by atoms with E-state index in [0.29, 0.717) is 19.3 Å². The summed E-state index contributed by atoms with van der Waals surface area (Å²) in [4.78, 5) is 0. The summed E-state index contributed by atoms with van der Waals surface area (Å²) in [5.74, 6) is 0.911. The van der Waals surface area contributed by atoms with Gasteiger partial charge in [-0.2, -0.15) is 0 Å². The zero-order valence-electron chi connectivity index (χ0n) is 12.0. The van der Waals surface area contributed by atoms with E-state index in [1.165, 1.54) is 0 Å². The van der Waals surface area contributed by atoms with Gasteiger partial charge in [0.2, 0.25) is 0 Å². The molecule has 4 heteroatoms. The number of benzene rings is 1. The standard InChI is InChI=1S/C16H22O4/c1-2-16(10-18-11-16)12-20-14-5-3-4-13(6-14)7-17-8-15-9-19-15/h3-6,15H,2,7-12H2,1H3. The van der Waals surface area contributed by atoms with Crippen LogP contribution in [0.25, 0.3) is 0 Å². The van der Waals surface area contributed by atoms with Crippen molar-refractivity contribution < 1.29 is 18.9 Å². The van der Waals surface area contributed by atoms with E-state index in [9.17, 15) is 0 Å². The van der Waals surface area contributed by atoms with Gasteiger partial charge in [0.05, 0.1) is 45.1 Å². The maximum absolute atomic E-state index is 5.92. The summed E-state index contributed by atoms with van der Waals surface area (Å²) >= 11 is 0. The largest absolute Gasteiger partial charge is 0.493 e. The van der Waals surface area contributed by atoms with Crippen molar-refractivity contribution in [1.82, 2.24) is 0 Å². The van der Waals surface area contributed by atoms with Crippen LogP contribution in [0.2, 0.25) is 0 Å². The van der Waals surface area contributed by atoms with Crippen LogP contribution in [0.4, 0.5) is 0 Å². The number of epoxide rings is 1. The lowest BCUT2D eigenvalue weighted by atomic mass is 9.84. The van der Waals surface area contributed by atoms with E-state index >= 15 is 0 Å². The smallest absolute Gasteiger partial charge is 0.119 e. The van der Waals surface area contributed by atoms with Crippen LogP contribution in [0.3, 0.4) is 0 Å². The lowest BCUT2D eigenvalue weighted by Crippen LogP contribution is -2.46. The van der Waals surface area contributed by atoms with Crippen LogP contribution in [-0.4, -0.2) is 39.1 Å². The second-order valence-corrected chi connectivity index (χ2v) is 5.75. The SMILES string of the molecule is CCC1(COc2cccc(COCC3CO3)c2)COC1. The molecule has 2 aliphatic rings. The number of ether oxygens (including phenoxy) is 4. The minimum absolute atomic E-state index is 0.218. The number of rotatable bonds is 8. The molecule has 2 fully saturated rings. The number of hydrogen-bond donors (Lipinski definition) is 0. The van der Waals surface area contributed by atoms with E-state index in [1.807, 2.05) is 12.1 Å². The third-order valence-electron chi connectivity index (χ3n) is 3.98. The van der Waals surface area contributed by atoms with E-state index in [-0.39, 0.29) is 5.41 Å². The van der Waals surface area contributed by atoms with Crippen LogP contribution < -0.4 is 4.74 Å². The Bertz CT molecular complexity index is 432. The summed E-state index contributed by atoms with van der Waals surface area (Å²) in [5, 5.41) is 0. The molecule has 0 bridgehead atoms. The molecule has 20 heavy (non-hydrogen) atoms. The Morgan fingerprint density at radius 1 is 1.35 bits per heavy atom. The molecule has 0 spiro atoms. The Kier molecular flexibility index (Phi) is 4.24. The van der Waals surface area contributed by atoms with Crippen molar-refractivity contribution in [1.29, 1.82) is 0 Å². The first-order valence-corrected chi connectivity index (χ1v) is 7.28. The molecule has 2 aliphatic heterocycles. The molecule has 2 saturated heterocycles. The van der Waals surface area contributed by atoms with Crippen molar-refractivity contribution >= 4 is 0 Å². The monoisotopic (exact) mass is 278 g/mol. The average molecular weight is 278 g/mol. The Morgan fingerprint density at radius 3 is 2.85 bits per heavy atom. The molecule has 0 N–H and O–H groups in total. The quantitative estimate of drug-likeness (QED) is 0.685. The molecule has 3 rings (SSSR count). The Hall–Kier alpha value is -1.10. The summed E-state index contributed by atoms with van der Waals surface area (Å²) in [7, 11) is 0. The van der Waals surface area contributed by atoms with Gasteiger partial charge in [-0.3, -0.25) is 0 Å². The summed E-state index contributed by atoms with van der Waals surface area (Å²) in [5.41, 5.74) is 1.36. The molecule has 1 unspecified atom stereocenters. The highest BCUT2D eigenvalue weighted by Crippen LogP contribution is 2.32. The number of hydrogen-bond acceptors (Lipinski definition) is 4. The topological polar surface area (TPSA) is 40.2 Å². The fourth-order valence-electron chi connectivity index (χ4n) is 2.21. The third kappa shape index (κ3) is 3.51. The zero-order valence-corrected chi connectivity index (χ0v) is 12.0. The van der Waals surface area contributed by atoms with Crippen molar-refractivity contribution in [3.8, 4) is 5.75 Å². The molecule has 1 aromatic carbocycles. The van der Waals surface area contributed by atoms with Crippen LogP contribution in [0.5, 0.6) is 5.75 Å². The fraction of sp³-hybridized carbons (Fsp3) is 0.625. The molecular formula is C16H22O4. The van der Waals surface area contributed by atoms with Crippen LogP contribution in [0.1, 0.15) is 18.9 Å². The van der Waals surface area contributed by atoms with Crippen molar-refractivity contribution in [2.45, 2.75) is 26.1 Å². The highest BCUT2D eigenvalue weighted by molar-refractivity contribution is 5.28. The van der Waals surface area contributed by atoms with Crippen LogP contribution >= 0.6 is 0 Å². The molecule has 4 nitrogen and oxygen atoms in total. The van der Waals surface area contributed by atoms with Gasteiger partial charge in [-0.05, 0) is 24.1 Å². The van der Waals surface area contributed by atoms with E-state index in [2.05, 4.69) is 19.1 Å². The van der Waals surface area contributed by atoms with E-state index in [4.69, 9.17) is 18.9 Å². The van der Waals surface area contributed by atoms with Gasteiger partial charge >= 0.3 is 0 Å². The van der Waals surface area contributed by atoms with Crippen molar-refractivity contribution in [2.75, 3.05) is 33.0 Å². The van der Waals surface area contributed by atoms with Gasteiger partial charge < -0.3 is 18.9 Å². The Morgan fingerprint density at radius 2 is 2.20 bits per heavy atom. The van der Waals surface area contributed by atoms with E-state index in [1.54, 1.807) is 0 Å². The zero-order chi connectivity index (χ0) is 13.8. The van der Waals surface area contributed by atoms with E-state index in [0.717, 1.165) is 44.2 Å². The molecule has 2 heterocycles. The summed E-state index contributed by atoms with van der Waals surface area (Å²) < 4.78 is 21.9. The maximum Gasteiger partial charge on any atom is 0.119 e. The molecule has 0 aliphatic carbocycles. The molecule has 110 valence electrons. The van der Waals surface area contributed by atoms with E-state index < -0.39 is 0 Å². The fourth-order valence-corrected chi connectivity index (χ4v) is 2.21. The molecule has 1 atom stereocenters. The predicted octanol–water partition coefficient (Wildman–Crippen LogP) is 2.41. The second-order valence-electron chi connectivity index (χ2n) is 5.75. The van der Waals surface area contributed by atoms with Crippen LogP contribution in [0.15, 0.2) is 24.3 Å². The molecular weight excluding hydrogens is 256 g/mol. The van der Waals surface area contributed by atoms with Crippen LogP contribution in [0, 0.1) is 5.41 Å². The Labute approximate surface area is 120 Å². The second kappa shape index (κ2) is 6.12. The summed E-state index contributed by atoms with van der Waals surface area (Å²) in [6.45, 7) is 6.67. The first-order chi connectivity index (χ1) is 9.80. The molecule has 0 saturated carbocycles.